The normalized spacial score (nSPS) is 10.4. The van der Waals surface area contributed by atoms with Crippen LogP contribution in [0.3, 0.4) is 0 Å². The first kappa shape index (κ1) is 12.3. The van der Waals surface area contributed by atoms with Gasteiger partial charge in [0.2, 0.25) is 0 Å². The smallest absolute Gasteiger partial charge is 0.167 e. The number of halogens is 4. The van der Waals surface area contributed by atoms with E-state index in [0.29, 0.717) is 4.47 Å². The van der Waals surface area contributed by atoms with E-state index in [4.69, 9.17) is 11.6 Å². The Balaban J connectivity index is 2.38. The Morgan fingerprint density at radius 2 is 2.00 bits per heavy atom. The highest BCUT2D eigenvalue weighted by molar-refractivity contribution is 9.10. The molecule has 0 aliphatic carbocycles. The van der Waals surface area contributed by atoms with Crippen LogP contribution in [0.4, 0.5) is 20.3 Å². The Morgan fingerprint density at radius 3 is 2.65 bits per heavy atom. The number of aromatic nitrogens is 1. The molecule has 0 atom stereocenters. The van der Waals surface area contributed by atoms with Gasteiger partial charge in [-0.2, -0.15) is 0 Å². The summed E-state index contributed by atoms with van der Waals surface area (Å²) in [6, 6.07) is 5.54. The van der Waals surface area contributed by atoms with Crippen LogP contribution in [0.15, 0.2) is 34.9 Å². The highest BCUT2D eigenvalue weighted by Gasteiger charge is 2.10. The number of hydrogen-bond acceptors (Lipinski definition) is 2. The Bertz CT molecular complexity index is 543. The fourth-order valence-corrected chi connectivity index (χ4v) is 1.83. The van der Waals surface area contributed by atoms with E-state index < -0.39 is 11.6 Å². The van der Waals surface area contributed by atoms with Crippen molar-refractivity contribution in [1.29, 1.82) is 0 Å². The molecule has 0 bridgehead atoms. The molecule has 2 nitrogen and oxygen atoms in total. The minimum absolute atomic E-state index is 0.0831. The zero-order valence-corrected chi connectivity index (χ0v) is 10.7. The molecule has 6 heteroatoms. The van der Waals surface area contributed by atoms with Gasteiger partial charge < -0.3 is 5.32 Å². The van der Waals surface area contributed by atoms with E-state index in [-0.39, 0.29) is 16.5 Å². The standard InChI is InChI=1S/C11H6BrClF2N2/c12-7-2-1-3-8(14)10(7)17-11-9(15)4-6(13)5-16-11/h1-5H,(H,16,17). The van der Waals surface area contributed by atoms with Crippen LogP contribution in [0.2, 0.25) is 5.02 Å². The quantitative estimate of drug-likeness (QED) is 0.880. The van der Waals surface area contributed by atoms with E-state index in [1.165, 1.54) is 18.3 Å². The Hall–Kier alpha value is -1.20. The molecular weight excluding hydrogens is 313 g/mol. The predicted molar refractivity (Wildman–Crippen MR) is 66.6 cm³/mol. The van der Waals surface area contributed by atoms with E-state index in [2.05, 4.69) is 26.2 Å². The van der Waals surface area contributed by atoms with Gasteiger partial charge >= 0.3 is 0 Å². The number of nitrogens with one attached hydrogen (secondary N) is 1. The fraction of sp³-hybridized carbons (Fsp3) is 0. The molecule has 2 rings (SSSR count). The molecular formula is C11H6BrClF2N2. The minimum atomic E-state index is -0.646. The molecule has 17 heavy (non-hydrogen) atoms. The zero-order chi connectivity index (χ0) is 12.4. The van der Waals surface area contributed by atoms with Crippen LogP contribution in [0, 0.1) is 11.6 Å². The molecule has 1 aromatic carbocycles. The molecule has 0 amide bonds. The molecule has 0 saturated carbocycles. The second-order valence-electron chi connectivity index (χ2n) is 3.21. The summed E-state index contributed by atoms with van der Waals surface area (Å²) >= 11 is 8.73. The van der Waals surface area contributed by atoms with Crippen LogP contribution in [0.5, 0.6) is 0 Å². The largest absolute Gasteiger partial charge is 0.334 e. The lowest BCUT2D eigenvalue weighted by molar-refractivity contribution is 0.621. The van der Waals surface area contributed by atoms with Gasteiger partial charge in [-0.15, -0.1) is 0 Å². The van der Waals surface area contributed by atoms with E-state index in [0.717, 1.165) is 6.07 Å². The van der Waals surface area contributed by atoms with E-state index in [1.807, 2.05) is 0 Å². The number of hydrogen-bond donors (Lipinski definition) is 1. The van der Waals surface area contributed by atoms with Gasteiger partial charge in [-0.05, 0) is 34.1 Å². The van der Waals surface area contributed by atoms with E-state index >= 15 is 0 Å². The van der Waals surface area contributed by atoms with Crippen molar-refractivity contribution in [2.24, 2.45) is 0 Å². The summed E-state index contributed by atoms with van der Waals surface area (Å²) in [5, 5.41) is 2.75. The summed E-state index contributed by atoms with van der Waals surface area (Å²) in [5.74, 6) is -1.23. The Labute approximate surface area is 110 Å². The first-order valence-electron chi connectivity index (χ1n) is 4.60. The van der Waals surface area contributed by atoms with Gasteiger partial charge in [0, 0.05) is 10.7 Å². The van der Waals surface area contributed by atoms with Gasteiger partial charge in [0.25, 0.3) is 0 Å². The van der Waals surface area contributed by atoms with Crippen LogP contribution in [0.25, 0.3) is 0 Å². The molecule has 0 aliphatic rings. The Morgan fingerprint density at radius 1 is 1.24 bits per heavy atom. The average Bonchev–Trinajstić information content (AvgIpc) is 2.26. The maximum atomic E-state index is 13.5. The van der Waals surface area contributed by atoms with Crippen molar-refractivity contribution in [1.82, 2.24) is 4.98 Å². The zero-order valence-electron chi connectivity index (χ0n) is 8.35. The second kappa shape index (κ2) is 4.98. The van der Waals surface area contributed by atoms with Crippen molar-refractivity contribution < 1.29 is 8.78 Å². The van der Waals surface area contributed by atoms with Gasteiger partial charge in [-0.3, -0.25) is 0 Å². The van der Waals surface area contributed by atoms with Crippen LogP contribution in [0.1, 0.15) is 0 Å². The maximum Gasteiger partial charge on any atom is 0.167 e. The van der Waals surface area contributed by atoms with Gasteiger partial charge in [0.15, 0.2) is 11.6 Å². The monoisotopic (exact) mass is 318 g/mol. The number of anilines is 2. The lowest BCUT2D eigenvalue weighted by Crippen LogP contribution is -1.99. The molecule has 1 aromatic heterocycles. The molecule has 0 fully saturated rings. The molecule has 0 spiro atoms. The third-order valence-corrected chi connectivity index (χ3v) is 2.88. The number of para-hydroxylation sites is 1. The van der Waals surface area contributed by atoms with Crippen LogP contribution in [-0.4, -0.2) is 4.98 Å². The van der Waals surface area contributed by atoms with Gasteiger partial charge in [-0.1, -0.05) is 17.7 Å². The molecule has 88 valence electrons. The lowest BCUT2D eigenvalue weighted by Gasteiger charge is -2.09. The number of nitrogens with zero attached hydrogens (tertiary/aromatic N) is 1. The van der Waals surface area contributed by atoms with Crippen molar-refractivity contribution in [3.8, 4) is 0 Å². The Kier molecular flexibility index (Phi) is 3.59. The number of pyridine rings is 1. The lowest BCUT2D eigenvalue weighted by atomic mass is 10.3. The third kappa shape index (κ3) is 2.73. The summed E-state index contributed by atoms with van der Waals surface area (Å²) in [6.45, 7) is 0. The predicted octanol–water partition coefficient (Wildman–Crippen LogP) is 4.52. The SMILES string of the molecule is Fc1cc(Cl)cnc1Nc1c(F)cccc1Br. The van der Waals surface area contributed by atoms with Gasteiger partial charge in [0.1, 0.15) is 5.82 Å². The van der Waals surface area contributed by atoms with E-state index in [1.54, 1.807) is 6.07 Å². The minimum Gasteiger partial charge on any atom is -0.334 e. The van der Waals surface area contributed by atoms with Crippen molar-refractivity contribution in [2.75, 3.05) is 5.32 Å². The van der Waals surface area contributed by atoms with Crippen LogP contribution >= 0.6 is 27.5 Å². The van der Waals surface area contributed by atoms with Gasteiger partial charge in [-0.25, -0.2) is 13.8 Å². The molecule has 1 N–H and O–H groups in total. The van der Waals surface area contributed by atoms with Crippen LogP contribution < -0.4 is 5.32 Å². The van der Waals surface area contributed by atoms with Crippen molar-refractivity contribution in [3.05, 3.63) is 51.6 Å². The summed E-state index contributed by atoms with van der Waals surface area (Å²) < 4.78 is 27.4. The van der Waals surface area contributed by atoms with Crippen molar-refractivity contribution >= 4 is 39.0 Å². The number of rotatable bonds is 2. The average molecular weight is 320 g/mol. The molecule has 0 unspecified atom stereocenters. The molecule has 0 radical (unpaired) electrons. The summed E-state index contributed by atoms with van der Waals surface area (Å²) in [6.07, 6.45) is 1.28. The molecule has 0 saturated heterocycles. The maximum absolute atomic E-state index is 13.5. The summed E-state index contributed by atoms with van der Waals surface area (Å²) in [4.78, 5) is 3.75. The molecule has 2 aromatic rings. The third-order valence-electron chi connectivity index (χ3n) is 2.01. The molecule has 0 aliphatic heterocycles. The fourth-order valence-electron chi connectivity index (χ4n) is 1.24. The van der Waals surface area contributed by atoms with Crippen molar-refractivity contribution in [2.45, 2.75) is 0 Å². The topological polar surface area (TPSA) is 24.9 Å². The second-order valence-corrected chi connectivity index (χ2v) is 4.50. The number of benzene rings is 1. The highest BCUT2D eigenvalue weighted by atomic mass is 79.9. The van der Waals surface area contributed by atoms with E-state index in [9.17, 15) is 8.78 Å². The van der Waals surface area contributed by atoms with Gasteiger partial charge in [0.05, 0.1) is 10.7 Å². The van der Waals surface area contributed by atoms with Crippen molar-refractivity contribution in [3.63, 3.8) is 0 Å². The summed E-state index contributed by atoms with van der Waals surface area (Å²) in [7, 11) is 0. The molecule has 1 heterocycles. The summed E-state index contributed by atoms with van der Waals surface area (Å²) in [5.41, 5.74) is 0.126. The van der Waals surface area contributed by atoms with Crippen LogP contribution in [-0.2, 0) is 0 Å². The first-order valence-corrected chi connectivity index (χ1v) is 5.77. The first-order chi connectivity index (χ1) is 8.08. The highest BCUT2D eigenvalue weighted by Crippen LogP contribution is 2.29.